The van der Waals surface area contributed by atoms with Crippen molar-refractivity contribution in [2.75, 3.05) is 13.2 Å². The molecule has 0 bridgehead atoms. The van der Waals surface area contributed by atoms with E-state index in [1.807, 2.05) is 38.1 Å². The lowest BCUT2D eigenvalue weighted by atomic mass is 10.2. The molecular weight excluding hydrogens is 306 g/mol. The third-order valence-electron chi connectivity index (χ3n) is 3.47. The van der Waals surface area contributed by atoms with Crippen LogP contribution in [0.2, 0.25) is 0 Å². The van der Waals surface area contributed by atoms with Crippen molar-refractivity contribution in [3.63, 3.8) is 0 Å². The molecule has 2 rings (SSSR count). The van der Waals surface area contributed by atoms with E-state index in [0.717, 1.165) is 24.3 Å². The maximum atomic E-state index is 11.9. The Morgan fingerprint density at radius 1 is 1.29 bits per heavy atom. The van der Waals surface area contributed by atoms with E-state index in [2.05, 4.69) is 10.3 Å². The molecule has 1 N–H and O–H groups in total. The summed E-state index contributed by atoms with van der Waals surface area (Å²) < 4.78 is 6.83. The molecule has 0 fully saturated rings. The van der Waals surface area contributed by atoms with Crippen LogP contribution >= 0.6 is 0 Å². The topological polar surface area (TPSA) is 73.2 Å². The van der Waals surface area contributed by atoms with Gasteiger partial charge in [0, 0.05) is 11.8 Å². The average molecular weight is 329 g/mol. The van der Waals surface area contributed by atoms with Gasteiger partial charge in [0.05, 0.1) is 12.9 Å². The van der Waals surface area contributed by atoms with Crippen LogP contribution in [-0.2, 0) is 17.8 Å². The summed E-state index contributed by atoms with van der Waals surface area (Å²) >= 11 is 0. The minimum Gasteiger partial charge on any atom is -0.492 e. The van der Waals surface area contributed by atoms with Gasteiger partial charge in [-0.05, 0) is 25.5 Å². The number of carbonyl (C=O) groups is 1. The van der Waals surface area contributed by atoms with Gasteiger partial charge in [-0.3, -0.25) is 14.2 Å². The van der Waals surface area contributed by atoms with E-state index in [1.165, 1.54) is 22.5 Å². The van der Waals surface area contributed by atoms with Crippen molar-refractivity contribution in [2.24, 2.45) is 0 Å². The summed E-state index contributed by atoms with van der Waals surface area (Å²) in [6.07, 6.45) is 3.12. The normalized spacial score (nSPS) is 10.4. The Labute approximate surface area is 141 Å². The van der Waals surface area contributed by atoms with E-state index in [0.29, 0.717) is 13.2 Å². The molecule has 0 unspecified atom stereocenters. The number of nitrogens with one attached hydrogen (secondary N) is 1. The van der Waals surface area contributed by atoms with Crippen molar-refractivity contribution in [3.05, 3.63) is 58.3 Å². The lowest BCUT2D eigenvalue weighted by molar-refractivity contribution is -0.121. The van der Waals surface area contributed by atoms with E-state index in [-0.39, 0.29) is 18.0 Å². The van der Waals surface area contributed by atoms with Gasteiger partial charge in [-0.2, -0.15) is 0 Å². The van der Waals surface area contributed by atoms with Crippen LogP contribution in [-0.4, -0.2) is 28.6 Å². The summed E-state index contributed by atoms with van der Waals surface area (Å²) in [5, 5.41) is 2.73. The van der Waals surface area contributed by atoms with Crippen molar-refractivity contribution in [1.29, 1.82) is 0 Å². The minimum atomic E-state index is -0.241. The molecule has 128 valence electrons. The fourth-order valence-corrected chi connectivity index (χ4v) is 2.18. The number of nitrogens with zero attached hydrogens (tertiary/aromatic N) is 2. The number of rotatable bonds is 8. The third kappa shape index (κ3) is 5.53. The molecule has 1 aromatic heterocycles. The highest BCUT2D eigenvalue weighted by Gasteiger charge is 2.05. The molecule has 0 aliphatic carbocycles. The standard InChI is InChI=1S/C18H23N3O3/c1-3-4-15-11-18(23)21(13-20-15)12-17(22)19-9-10-24-16-7-5-14(2)6-8-16/h5-8,11,13H,3-4,9-10,12H2,1-2H3,(H,19,22). The monoisotopic (exact) mass is 329 g/mol. The lowest BCUT2D eigenvalue weighted by Gasteiger charge is -2.09. The highest BCUT2D eigenvalue weighted by atomic mass is 16.5. The first-order chi connectivity index (χ1) is 11.6. The summed E-state index contributed by atoms with van der Waals surface area (Å²) in [5.74, 6) is 0.524. The van der Waals surface area contributed by atoms with Crippen LogP contribution in [0.4, 0.5) is 0 Å². The van der Waals surface area contributed by atoms with Crippen LogP contribution in [0.25, 0.3) is 0 Å². The van der Waals surface area contributed by atoms with Crippen molar-refractivity contribution >= 4 is 5.91 Å². The van der Waals surface area contributed by atoms with Crippen LogP contribution < -0.4 is 15.6 Å². The van der Waals surface area contributed by atoms with Gasteiger partial charge in [-0.15, -0.1) is 0 Å². The number of carbonyl (C=O) groups excluding carboxylic acids is 1. The Morgan fingerprint density at radius 2 is 2.04 bits per heavy atom. The Kier molecular flexibility index (Phi) is 6.54. The SMILES string of the molecule is CCCc1cc(=O)n(CC(=O)NCCOc2ccc(C)cc2)cn1. The van der Waals surface area contributed by atoms with E-state index in [4.69, 9.17) is 4.74 Å². The summed E-state index contributed by atoms with van der Waals surface area (Å²) in [5.41, 5.74) is 1.71. The molecule has 1 heterocycles. The highest BCUT2D eigenvalue weighted by Crippen LogP contribution is 2.10. The van der Waals surface area contributed by atoms with Gasteiger partial charge in [0.25, 0.3) is 5.56 Å². The van der Waals surface area contributed by atoms with E-state index >= 15 is 0 Å². The second-order valence-corrected chi connectivity index (χ2v) is 5.61. The zero-order chi connectivity index (χ0) is 17.4. The van der Waals surface area contributed by atoms with E-state index in [9.17, 15) is 9.59 Å². The molecule has 0 aliphatic rings. The molecule has 2 aromatic rings. The molecule has 0 spiro atoms. The molecule has 1 amide bonds. The molecule has 6 heteroatoms. The molecule has 24 heavy (non-hydrogen) atoms. The molecule has 0 saturated heterocycles. The first kappa shape index (κ1) is 17.7. The lowest BCUT2D eigenvalue weighted by Crippen LogP contribution is -2.34. The number of ether oxygens (including phenoxy) is 1. The van der Waals surface area contributed by atoms with Crippen molar-refractivity contribution < 1.29 is 9.53 Å². The third-order valence-corrected chi connectivity index (χ3v) is 3.47. The number of benzene rings is 1. The van der Waals surface area contributed by atoms with Crippen molar-refractivity contribution in [2.45, 2.75) is 33.2 Å². The number of aryl methyl sites for hydroxylation is 2. The van der Waals surface area contributed by atoms with Crippen LogP contribution in [0, 0.1) is 6.92 Å². The molecular formula is C18H23N3O3. The molecule has 0 saturated carbocycles. The smallest absolute Gasteiger partial charge is 0.253 e. The van der Waals surface area contributed by atoms with Crippen LogP contribution in [0.3, 0.4) is 0 Å². The maximum Gasteiger partial charge on any atom is 0.253 e. The van der Waals surface area contributed by atoms with Gasteiger partial charge in [0.2, 0.25) is 5.91 Å². The molecule has 6 nitrogen and oxygen atoms in total. The summed E-state index contributed by atoms with van der Waals surface area (Å²) in [7, 11) is 0. The summed E-state index contributed by atoms with van der Waals surface area (Å²) in [4.78, 5) is 28.0. The van der Waals surface area contributed by atoms with Crippen LogP contribution in [0.15, 0.2) is 41.5 Å². The van der Waals surface area contributed by atoms with Gasteiger partial charge in [-0.1, -0.05) is 31.0 Å². The molecule has 1 aromatic carbocycles. The Morgan fingerprint density at radius 3 is 2.71 bits per heavy atom. The van der Waals surface area contributed by atoms with Crippen LogP contribution in [0.1, 0.15) is 24.6 Å². The largest absolute Gasteiger partial charge is 0.492 e. The Hall–Kier alpha value is -2.63. The summed E-state index contributed by atoms with van der Waals surface area (Å²) in [6, 6.07) is 9.20. The van der Waals surface area contributed by atoms with Gasteiger partial charge in [0.1, 0.15) is 18.9 Å². The number of hydrogen-bond acceptors (Lipinski definition) is 4. The van der Waals surface area contributed by atoms with Gasteiger partial charge >= 0.3 is 0 Å². The molecule has 0 atom stereocenters. The van der Waals surface area contributed by atoms with Gasteiger partial charge < -0.3 is 10.1 Å². The number of hydrogen-bond donors (Lipinski definition) is 1. The van der Waals surface area contributed by atoms with Gasteiger partial charge in [-0.25, -0.2) is 4.98 Å². The quantitative estimate of drug-likeness (QED) is 0.748. The van der Waals surface area contributed by atoms with E-state index < -0.39 is 0 Å². The maximum absolute atomic E-state index is 11.9. The average Bonchev–Trinajstić information content (AvgIpc) is 2.56. The molecule has 0 radical (unpaired) electrons. The Balaban J connectivity index is 1.75. The Bertz CT molecular complexity index is 723. The number of aromatic nitrogens is 2. The first-order valence-electron chi connectivity index (χ1n) is 8.10. The zero-order valence-corrected chi connectivity index (χ0v) is 14.1. The zero-order valence-electron chi connectivity index (χ0n) is 14.1. The van der Waals surface area contributed by atoms with Crippen molar-refractivity contribution in [1.82, 2.24) is 14.9 Å². The van der Waals surface area contributed by atoms with Gasteiger partial charge in [0.15, 0.2) is 0 Å². The highest BCUT2D eigenvalue weighted by molar-refractivity contribution is 5.75. The predicted octanol–water partition coefficient (Wildman–Crippen LogP) is 1.70. The molecule has 0 aliphatic heterocycles. The fraction of sp³-hybridized carbons (Fsp3) is 0.389. The minimum absolute atomic E-state index is 0.0389. The fourth-order valence-electron chi connectivity index (χ4n) is 2.18. The second-order valence-electron chi connectivity index (χ2n) is 5.61. The van der Waals surface area contributed by atoms with Crippen LogP contribution in [0.5, 0.6) is 5.75 Å². The van der Waals surface area contributed by atoms with E-state index in [1.54, 1.807) is 0 Å². The summed E-state index contributed by atoms with van der Waals surface area (Å²) in [6.45, 7) is 4.75. The number of amides is 1. The first-order valence-corrected chi connectivity index (χ1v) is 8.10. The second kappa shape index (κ2) is 8.86. The van der Waals surface area contributed by atoms with Crippen molar-refractivity contribution in [3.8, 4) is 5.75 Å². The predicted molar refractivity (Wildman–Crippen MR) is 92.2 cm³/mol.